The van der Waals surface area contributed by atoms with E-state index in [4.69, 9.17) is 9.47 Å². The number of carbonyl (C=O) groups is 1. The number of hydrogen-bond acceptors (Lipinski definition) is 4. The maximum Gasteiger partial charge on any atom is 0.251 e. The molecule has 3 rings (SSSR count). The molecule has 2 heterocycles. The van der Waals surface area contributed by atoms with Gasteiger partial charge in [0.25, 0.3) is 5.91 Å². The normalized spacial score (nSPS) is 13.1. The fraction of sp³-hybridized carbons (Fsp3) is 0.214. The van der Waals surface area contributed by atoms with Gasteiger partial charge >= 0.3 is 0 Å². The van der Waals surface area contributed by atoms with E-state index in [2.05, 4.69) is 21.2 Å². The van der Waals surface area contributed by atoms with Gasteiger partial charge in [0.2, 0.25) is 0 Å². The van der Waals surface area contributed by atoms with Crippen molar-refractivity contribution < 1.29 is 14.3 Å². The molecular formula is C14H12BrNO3S. The summed E-state index contributed by atoms with van der Waals surface area (Å²) >= 11 is 5.05. The van der Waals surface area contributed by atoms with E-state index < -0.39 is 0 Å². The van der Waals surface area contributed by atoms with Crippen molar-refractivity contribution in [2.24, 2.45) is 0 Å². The highest BCUT2D eigenvalue weighted by atomic mass is 79.9. The van der Waals surface area contributed by atoms with Crippen LogP contribution >= 0.6 is 27.3 Å². The summed E-state index contributed by atoms with van der Waals surface area (Å²) in [5, 5.41) is 4.88. The van der Waals surface area contributed by atoms with Gasteiger partial charge in [0, 0.05) is 14.9 Å². The molecule has 6 heteroatoms. The Balaban J connectivity index is 1.69. The third-order valence-corrected chi connectivity index (χ3v) is 4.83. The Kier molecular flexibility index (Phi) is 3.93. The van der Waals surface area contributed by atoms with Gasteiger partial charge in [-0.15, -0.1) is 11.3 Å². The van der Waals surface area contributed by atoms with E-state index in [1.807, 2.05) is 11.4 Å². The fourth-order valence-electron chi connectivity index (χ4n) is 1.90. The standard InChI is InChI=1S/C14H12BrNO3S/c15-10-3-6-20-13(10)8-16-14(17)9-1-2-11-12(7-9)19-5-4-18-11/h1-3,6-7H,4-5,8H2,(H,16,17). The van der Waals surface area contributed by atoms with Crippen molar-refractivity contribution in [3.8, 4) is 11.5 Å². The lowest BCUT2D eigenvalue weighted by atomic mass is 10.2. The molecule has 0 aliphatic carbocycles. The van der Waals surface area contributed by atoms with E-state index in [-0.39, 0.29) is 5.91 Å². The molecule has 0 spiro atoms. The van der Waals surface area contributed by atoms with Gasteiger partial charge < -0.3 is 14.8 Å². The van der Waals surface area contributed by atoms with Crippen molar-refractivity contribution in [2.45, 2.75) is 6.54 Å². The van der Waals surface area contributed by atoms with Crippen LogP contribution in [0.15, 0.2) is 34.1 Å². The van der Waals surface area contributed by atoms with Crippen LogP contribution in [0.2, 0.25) is 0 Å². The van der Waals surface area contributed by atoms with Gasteiger partial charge in [-0.05, 0) is 45.6 Å². The minimum Gasteiger partial charge on any atom is -0.486 e. The number of ether oxygens (including phenoxy) is 2. The molecule has 4 nitrogen and oxygen atoms in total. The van der Waals surface area contributed by atoms with Crippen LogP contribution in [0.1, 0.15) is 15.2 Å². The predicted octanol–water partition coefficient (Wildman–Crippen LogP) is 3.21. The van der Waals surface area contributed by atoms with Crippen molar-refractivity contribution in [2.75, 3.05) is 13.2 Å². The van der Waals surface area contributed by atoms with Gasteiger partial charge in [0.15, 0.2) is 11.5 Å². The topological polar surface area (TPSA) is 47.6 Å². The Morgan fingerprint density at radius 3 is 2.80 bits per heavy atom. The minimum absolute atomic E-state index is 0.123. The van der Waals surface area contributed by atoms with Crippen molar-refractivity contribution in [1.82, 2.24) is 5.32 Å². The van der Waals surface area contributed by atoms with E-state index in [0.717, 1.165) is 9.35 Å². The number of thiophene rings is 1. The lowest BCUT2D eigenvalue weighted by molar-refractivity contribution is 0.0950. The number of hydrogen-bond donors (Lipinski definition) is 1. The molecule has 1 aliphatic heterocycles. The molecule has 1 aliphatic rings. The molecule has 20 heavy (non-hydrogen) atoms. The maximum absolute atomic E-state index is 12.1. The van der Waals surface area contributed by atoms with Gasteiger partial charge in [0.05, 0.1) is 6.54 Å². The number of benzene rings is 1. The first-order chi connectivity index (χ1) is 9.74. The second-order valence-corrected chi connectivity index (χ2v) is 6.09. The molecule has 0 bridgehead atoms. The van der Waals surface area contributed by atoms with Gasteiger partial charge in [-0.2, -0.15) is 0 Å². The Labute approximate surface area is 128 Å². The SMILES string of the molecule is O=C(NCc1sccc1Br)c1ccc2c(c1)OCCO2. The largest absolute Gasteiger partial charge is 0.486 e. The van der Waals surface area contributed by atoms with Crippen molar-refractivity contribution in [3.05, 3.63) is 44.6 Å². The average Bonchev–Trinajstić information content (AvgIpc) is 2.89. The zero-order chi connectivity index (χ0) is 13.9. The van der Waals surface area contributed by atoms with E-state index >= 15 is 0 Å². The molecule has 2 aromatic rings. The zero-order valence-electron chi connectivity index (χ0n) is 10.5. The summed E-state index contributed by atoms with van der Waals surface area (Å²) in [5.74, 6) is 1.19. The van der Waals surface area contributed by atoms with Crippen LogP contribution in [0, 0.1) is 0 Å². The van der Waals surface area contributed by atoms with Crippen LogP contribution < -0.4 is 14.8 Å². The third-order valence-electron chi connectivity index (χ3n) is 2.90. The van der Waals surface area contributed by atoms with Crippen LogP contribution in [-0.4, -0.2) is 19.1 Å². The molecule has 0 saturated carbocycles. The summed E-state index contributed by atoms with van der Waals surface area (Å²) in [6, 6.07) is 7.19. The second-order valence-electron chi connectivity index (χ2n) is 4.23. The highest BCUT2D eigenvalue weighted by Gasteiger charge is 2.15. The van der Waals surface area contributed by atoms with Gasteiger partial charge in [-0.3, -0.25) is 4.79 Å². The Morgan fingerprint density at radius 1 is 1.25 bits per heavy atom. The van der Waals surface area contributed by atoms with Crippen LogP contribution in [0.5, 0.6) is 11.5 Å². The van der Waals surface area contributed by atoms with Gasteiger partial charge in [0.1, 0.15) is 13.2 Å². The van der Waals surface area contributed by atoms with Crippen molar-refractivity contribution in [1.29, 1.82) is 0 Å². The van der Waals surface area contributed by atoms with Gasteiger partial charge in [-0.1, -0.05) is 0 Å². The lowest BCUT2D eigenvalue weighted by Crippen LogP contribution is -2.23. The van der Waals surface area contributed by atoms with Crippen LogP contribution in [0.25, 0.3) is 0 Å². The minimum atomic E-state index is -0.123. The number of fused-ring (bicyclic) bond motifs is 1. The monoisotopic (exact) mass is 353 g/mol. The third kappa shape index (κ3) is 2.81. The molecule has 1 amide bonds. The highest BCUT2D eigenvalue weighted by molar-refractivity contribution is 9.10. The quantitative estimate of drug-likeness (QED) is 0.921. The molecular weight excluding hydrogens is 342 g/mol. The highest BCUT2D eigenvalue weighted by Crippen LogP contribution is 2.30. The molecule has 0 radical (unpaired) electrons. The van der Waals surface area contributed by atoms with Gasteiger partial charge in [-0.25, -0.2) is 0 Å². The molecule has 0 unspecified atom stereocenters. The molecule has 1 aromatic carbocycles. The first-order valence-electron chi connectivity index (χ1n) is 6.14. The second kappa shape index (κ2) is 5.85. The molecule has 0 saturated heterocycles. The Morgan fingerprint density at radius 2 is 2.05 bits per heavy atom. The van der Waals surface area contributed by atoms with Crippen molar-refractivity contribution >= 4 is 33.2 Å². The molecule has 0 atom stereocenters. The smallest absolute Gasteiger partial charge is 0.251 e. The van der Waals surface area contributed by atoms with Crippen molar-refractivity contribution in [3.63, 3.8) is 0 Å². The van der Waals surface area contributed by atoms with E-state index in [9.17, 15) is 4.79 Å². The molecule has 0 fully saturated rings. The fourth-order valence-corrected chi connectivity index (χ4v) is 3.33. The summed E-state index contributed by atoms with van der Waals surface area (Å²) in [5.41, 5.74) is 0.571. The summed E-state index contributed by atoms with van der Waals surface area (Å²) in [6.45, 7) is 1.57. The Hall–Kier alpha value is -1.53. The summed E-state index contributed by atoms with van der Waals surface area (Å²) < 4.78 is 11.9. The van der Waals surface area contributed by atoms with E-state index in [0.29, 0.717) is 36.8 Å². The zero-order valence-corrected chi connectivity index (χ0v) is 12.9. The average molecular weight is 354 g/mol. The summed E-state index contributed by atoms with van der Waals surface area (Å²) in [7, 11) is 0. The first kappa shape index (κ1) is 13.5. The number of amides is 1. The van der Waals surface area contributed by atoms with Crippen LogP contribution in [-0.2, 0) is 6.54 Å². The molecule has 1 N–H and O–H groups in total. The number of nitrogens with one attached hydrogen (secondary N) is 1. The predicted molar refractivity (Wildman–Crippen MR) is 80.6 cm³/mol. The number of halogens is 1. The number of rotatable bonds is 3. The molecule has 104 valence electrons. The Bertz CT molecular complexity index is 641. The summed E-state index contributed by atoms with van der Waals surface area (Å²) in [6.07, 6.45) is 0. The first-order valence-corrected chi connectivity index (χ1v) is 7.81. The maximum atomic E-state index is 12.1. The lowest BCUT2D eigenvalue weighted by Gasteiger charge is -2.18. The van der Waals surface area contributed by atoms with Crippen LogP contribution in [0.3, 0.4) is 0 Å². The van der Waals surface area contributed by atoms with E-state index in [1.165, 1.54) is 0 Å². The summed E-state index contributed by atoms with van der Waals surface area (Å²) in [4.78, 5) is 13.2. The van der Waals surface area contributed by atoms with E-state index in [1.54, 1.807) is 29.5 Å². The molecule has 1 aromatic heterocycles. The number of carbonyl (C=O) groups excluding carboxylic acids is 1. The van der Waals surface area contributed by atoms with Crippen LogP contribution in [0.4, 0.5) is 0 Å².